The lowest BCUT2D eigenvalue weighted by molar-refractivity contribution is 0.276. The van der Waals surface area contributed by atoms with Crippen molar-refractivity contribution >= 4 is 23.7 Å². The molecule has 0 aliphatic rings. The van der Waals surface area contributed by atoms with E-state index in [-0.39, 0.29) is 25.1 Å². The van der Waals surface area contributed by atoms with Gasteiger partial charge < -0.3 is 10.8 Å². The van der Waals surface area contributed by atoms with Gasteiger partial charge in [0.2, 0.25) is 0 Å². The Kier molecular flexibility index (Phi) is 5.65. The van der Waals surface area contributed by atoms with Gasteiger partial charge in [-0.2, -0.15) is 11.3 Å². The van der Waals surface area contributed by atoms with Gasteiger partial charge in [-0.15, -0.1) is 12.4 Å². The third-order valence-electron chi connectivity index (χ3n) is 2.63. The number of aliphatic hydroxyl groups is 1. The van der Waals surface area contributed by atoms with Crippen LogP contribution < -0.4 is 5.73 Å². The molecule has 0 amide bonds. The van der Waals surface area contributed by atoms with Gasteiger partial charge in [0.25, 0.3) is 0 Å². The van der Waals surface area contributed by atoms with Gasteiger partial charge in [0.1, 0.15) is 0 Å². The Hall–Kier alpha value is -0.870. The third-order valence-corrected chi connectivity index (χ3v) is 3.32. The molecular formula is C13H16ClNOS. The van der Waals surface area contributed by atoms with Crippen molar-refractivity contribution in [2.75, 3.05) is 6.61 Å². The van der Waals surface area contributed by atoms with Crippen LogP contribution in [0.15, 0.2) is 41.1 Å². The van der Waals surface area contributed by atoms with Crippen LogP contribution in [0.5, 0.6) is 0 Å². The first kappa shape index (κ1) is 14.2. The maximum Gasteiger partial charge on any atom is 0.0449 e. The van der Waals surface area contributed by atoms with Crippen LogP contribution >= 0.6 is 23.7 Å². The Bertz CT molecular complexity index is 427. The number of benzene rings is 1. The van der Waals surface area contributed by atoms with E-state index >= 15 is 0 Å². The van der Waals surface area contributed by atoms with E-state index in [1.807, 2.05) is 12.1 Å². The zero-order chi connectivity index (χ0) is 11.4. The van der Waals surface area contributed by atoms with Crippen LogP contribution in [0.2, 0.25) is 0 Å². The molecule has 4 heteroatoms. The summed E-state index contributed by atoms with van der Waals surface area (Å²) in [6, 6.07) is 10.3. The smallest absolute Gasteiger partial charge is 0.0449 e. The van der Waals surface area contributed by atoms with Crippen molar-refractivity contribution in [3.63, 3.8) is 0 Å². The van der Waals surface area contributed by atoms with Crippen molar-refractivity contribution < 1.29 is 5.11 Å². The van der Waals surface area contributed by atoms with Crippen LogP contribution in [0.25, 0.3) is 11.1 Å². The molecule has 0 saturated heterocycles. The Morgan fingerprint density at radius 3 is 2.35 bits per heavy atom. The van der Waals surface area contributed by atoms with E-state index in [1.54, 1.807) is 11.3 Å². The quantitative estimate of drug-likeness (QED) is 0.895. The average molecular weight is 270 g/mol. The van der Waals surface area contributed by atoms with Crippen molar-refractivity contribution in [1.29, 1.82) is 0 Å². The zero-order valence-corrected chi connectivity index (χ0v) is 11.0. The van der Waals surface area contributed by atoms with Crippen LogP contribution in [0.3, 0.4) is 0 Å². The normalized spacial score (nSPS) is 11.9. The van der Waals surface area contributed by atoms with Gasteiger partial charge in [-0.3, -0.25) is 0 Å². The molecular weight excluding hydrogens is 254 g/mol. The fraction of sp³-hybridized carbons (Fsp3) is 0.231. The van der Waals surface area contributed by atoms with Crippen molar-refractivity contribution in [2.45, 2.75) is 12.5 Å². The monoisotopic (exact) mass is 269 g/mol. The van der Waals surface area contributed by atoms with Gasteiger partial charge in [0.15, 0.2) is 0 Å². The maximum absolute atomic E-state index is 8.82. The Morgan fingerprint density at radius 1 is 1.12 bits per heavy atom. The van der Waals surface area contributed by atoms with Gasteiger partial charge in [0, 0.05) is 12.6 Å². The van der Waals surface area contributed by atoms with Crippen molar-refractivity contribution in [3.05, 3.63) is 46.7 Å². The van der Waals surface area contributed by atoms with Crippen LogP contribution in [-0.2, 0) is 0 Å². The van der Waals surface area contributed by atoms with E-state index < -0.39 is 0 Å². The fourth-order valence-electron chi connectivity index (χ4n) is 1.66. The predicted octanol–water partition coefficient (Wildman–Crippen LogP) is 3.22. The molecule has 3 N–H and O–H groups in total. The number of rotatable bonds is 4. The summed E-state index contributed by atoms with van der Waals surface area (Å²) in [5, 5.41) is 13.0. The van der Waals surface area contributed by atoms with E-state index in [2.05, 4.69) is 29.0 Å². The third kappa shape index (κ3) is 3.54. The SMILES string of the molecule is Cl.NC(CCO)c1ccc(-c2ccsc2)cc1. The van der Waals surface area contributed by atoms with Gasteiger partial charge in [-0.05, 0) is 39.9 Å². The summed E-state index contributed by atoms with van der Waals surface area (Å²) in [7, 11) is 0. The molecule has 0 aliphatic heterocycles. The highest BCUT2D eigenvalue weighted by molar-refractivity contribution is 7.08. The minimum absolute atomic E-state index is 0. The molecule has 1 heterocycles. The molecule has 2 nitrogen and oxygen atoms in total. The number of aliphatic hydroxyl groups excluding tert-OH is 1. The Labute approximate surface area is 112 Å². The van der Waals surface area contributed by atoms with Crippen LogP contribution in [-0.4, -0.2) is 11.7 Å². The van der Waals surface area contributed by atoms with Crippen LogP contribution in [0.1, 0.15) is 18.0 Å². The van der Waals surface area contributed by atoms with Crippen molar-refractivity contribution in [2.24, 2.45) is 5.73 Å². The second-order valence-electron chi connectivity index (χ2n) is 3.75. The zero-order valence-electron chi connectivity index (χ0n) is 9.37. The van der Waals surface area contributed by atoms with Crippen molar-refractivity contribution in [1.82, 2.24) is 0 Å². The summed E-state index contributed by atoms with van der Waals surface area (Å²) < 4.78 is 0. The molecule has 1 atom stereocenters. The number of thiophene rings is 1. The van der Waals surface area contributed by atoms with Crippen LogP contribution in [0, 0.1) is 0 Å². The predicted molar refractivity (Wildman–Crippen MR) is 75.6 cm³/mol. The van der Waals surface area contributed by atoms with Gasteiger partial charge in [-0.25, -0.2) is 0 Å². The van der Waals surface area contributed by atoms with Gasteiger partial charge in [-0.1, -0.05) is 24.3 Å². The average Bonchev–Trinajstić information content (AvgIpc) is 2.83. The summed E-state index contributed by atoms with van der Waals surface area (Å²) in [6.45, 7) is 0.132. The van der Waals surface area contributed by atoms with E-state index in [0.29, 0.717) is 6.42 Å². The number of nitrogens with two attached hydrogens (primary N) is 1. The molecule has 92 valence electrons. The molecule has 0 bridgehead atoms. The number of hydrogen-bond donors (Lipinski definition) is 2. The lowest BCUT2D eigenvalue weighted by atomic mass is 10.0. The molecule has 17 heavy (non-hydrogen) atoms. The molecule has 1 unspecified atom stereocenters. The molecule has 2 aromatic rings. The summed E-state index contributed by atoms with van der Waals surface area (Å²) >= 11 is 1.70. The molecule has 0 fully saturated rings. The summed E-state index contributed by atoms with van der Waals surface area (Å²) in [4.78, 5) is 0. The standard InChI is InChI=1S/C13H15NOS.ClH/c14-13(5-7-15)11-3-1-10(2-4-11)12-6-8-16-9-12;/h1-4,6,8-9,13,15H,5,7,14H2;1H. The molecule has 1 aromatic heterocycles. The molecule has 0 saturated carbocycles. The van der Waals surface area contributed by atoms with E-state index in [0.717, 1.165) is 5.56 Å². The van der Waals surface area contributed by atoms with Gasteiger partial charge in [0.05, 0.1) is 0 Å². The molecule has 1 aromatic carbocycles. The molecule has 0 radical (unpaired) electrons. The first-order chi connectivity index (χ1) is 7.81. The summed E-state index contributed by atoms with van der Waals surface area (Å²) in [5.41, 5.74) is 9.45. The summed E-state index contributed by atoms with van der Waals surface area (Å²) in [5.74, 6) is 0. The lowest BCUT2D eigenvalue weighted by Gasteiger charge is -2.10. The van der Waals surface area contributed by atoms with Gasteiger partial charge >= 0.3 is 0 Å². The van der Waals surface area contributed by atoms with E-state index in [1.165, 1.54) is 11.1 Å². The second-order valence-corrected chi connectivity index (χ2v) is 4.53. The minimum Gasteiger partial charge on any atom is -0.396 e. The minimum atomic E-state index is -0.0680. The fourth-order valence-corrected chi connectivity index (χ4v) is 2.32. The second kappa shape index (κ2) is 6.77. The lowest BCUT2D eigenvalue weighted by Crippen LogP contribution is -2.11. The maximum atomic E-state index is 8.82. The molecule has 0 aliphatic carbocycles. The highest BCUT2D eigenvalue weighted by Crippen LogP contribution is 2.24. The van der Waals surface area contributed by atoms with E-state index in [4.69, 9.17) is 10.8 Å². The Morgan fingerprint density at radius 2 is 1.82 bits per heavy atom. The van der Waals surface area contributed by atoms with E-state index in [9.17, 15) is 0 Å². The molecule has 2 rings (SSSR count). The highest BCUT2D eigenvalue weighted by atomic mass is 35.5. The first-order valence-corrected chi connectivity index (χ1v) is 6.24. The topological polar surface area (TPSA) is 46.2 Å². The Balaban J connectivity index is 0.00000144. The first-order valence-electron chi connectivity index (χ1n) is 5.30. The van der Waals surface area contributed by atoms with Crippen LogP contribution in [0.4, 0.5) is 0 Å². The highest BCUT2D eigenvalue weighted by Gasteiger charge is 2.05. The molecule has 0 spiro atoms. The number of halogens is 1. The van der Waals surface area contributed by atoms with Crippen molar-refractivity contribution in [3.8, 4) is 11.1 Å². The summed E-state index contributed by atoms with van der Waals surface area (Å²) in [6.07, 6.45) is 0.609. The number of hydrogen-bond acceptors (Lipinski definition) is 3. The largest absolute Gasteiger partial charge is 0.396 e.